The summed E-state index contributed by atoms with van der Waals surface area (Å²) in [6, 6.07) is 0. The smallest absolute Gasteiger partial charge is 0.313 e. The molecule has 1 heterocycles. The number of carbonyl (C=O) groups is 2. The van der Waals surface area contributed by atoms with Crippen LogP contribution >= 0.6 is 11.3 Å². The van der Waals surface area contributed by atoms with Gasteiger partial charge >= 0.3 is 5.97 Å². The second-order valence-electron chi connectivity index (χ2n) is 3.03. The molecule has 0 aliphatic heterocycles. The zero-order valence-corrected chi connectivity index (χ0v) is 10.5. The molecule has 0 aromatic carbocycles. The number of rotatable bonds is 6. The lowest BCUT2D eigenvalue weighted by atomic mass is 10.2. The van der Waals surface area contributed by atoms with Crippen molar-refractivity contribution in [3.63, 3.8) is 0 Å². The van der Waals surface area contributed by atoms with Gasteiger partial charge in [0.2, 0.25) is 0 Å². The third-order valence-electron chi connectivity index (χ3n) is 1.77. The minimum absolute atomic E-state index is 0.0905. The molecule has 0 fully saturated rings. The molecule has 0 atom stereocenters. The average Bonchev–Trinajstić information content (AvgIpc) is 2.60. The fraction of sp³-hybridized carbons (Fsp3) is 0.500. The van der Waals surface area contributed by atoms with Crippen LogP contribution in [0.1, 0.15) is 29.9 Å². The Kier molecular flexibility index (Phi) is 4.89. The summed E-state index contributed by atoms with van der Waals surface area (Å²) in [6.07, 6.45) is -0.328. The number of nitrogens with zero attached hydrogens (tertiary/aromatic N) is 1. The van der Waals surface area contributed by atoms with Crippen molar-refractivity contribution in [3.8, 4) is 5.19 Å². The molecule has 17 heavy (non-hydrogen) atoms. The van der Waals surface area contributed by atoms with Gasteiger partial charge in [-0.1, -0.05) is 11.3 Å². The van der Waals surface area contributed by atoms with E-state index in [4.69, 9.17) is 10.5 Å². The number of carbonyl (C=O) groups excluding carboxylic acids is 2. The lowest BCUT2D eigenvalue weighted by Gasteiger charge is -1.99. The van der Waals surface area contributed by atoms with Gasteiger partial charge in [-0.25, -0.2) is 0 Å². The first-order valence-electron chi connectivity index (χ1n) is 5.16. The molecular weight excluding hydrogens is 244 g/mol. The van der Waals surface area contributed by atoms with E-state index in [1.807, 2.05) is 0 Å². The van der Waals surface area contributed by atoms with Crippen LogP contribution in [0.15, 0.2) is 0 Å². The summed E-state index contributed by atoms with van der Waals surface area (Å²) in [4.78, 5) is 27.0. The summed E-state index contributed by atoms with van der Waals surface area (Å²) in [5, 5.41) is 0.331. The summed E-state index contributed by atoms with van der Waals surface area (Å²) >= 11 is 1.04. The molecule has 7 heteroatoms. The van der Waals surface area contributed by atoms with E-state index in [2.05, 4.69) is 9.72 Å². The number of nitrogens with two attached hydrogens (primary N) is 1. The molecule has 0 spiro atoms. The van der Waals surface area contributed by atoms with Gasteiger partial charge in [-0.3, -0.25) is 9.59 Å². The maximum absolute atomic E-state index is 11.7. The predicted molar refractivity (Wildman–Crippen MR) is 63.3 cm³/mol. The Labute approximate surface area is 103 Å². The number of ether oxygens (including phenoxy) is 2. The van der Waals surface area contributed by atoms with Gasteiger partial charge in [-0.2, -0.15) is 4.98 Å². The van der Waals surface area contributed by atoms with Gasteiger partial charge in [0, 0.05) is 0 Å². The highest BCUT2D eigenvalue weighted by molar-refractivity contribution is 7.16. The monoisotopic (exact) mass is 258 g/mol. The van der Waals surface area contributed by atoms with Crippen molar-refractivity contribution in [2.45, 2.75) is 20.3 Å². The molecule has 0 aliphatic rings. The van der Waals surface area contributed by atoms with E-state index in [0.29, 0.717) is 11.8 Å². The van der Waals surface area contributed by atoms with Crippen molar-refractivity contribution in [2.75, 3.05) is 18.9 Å². The first-order chi connectivity index (χ1) is 8.08. The quantitative estimate of drug-likeness (QED) is 0.469. The van der Waals surface area contributed by atoms with E-state index in [9.17, 15) is 9.59 Å². The van der Waals surface area contributed by atoms with Crippen LogP contribution in [0.4, 0.5) is 5.82 Å². The zero-order valence-electron chi connectivity index (χ0n) is 9.69. The van der Waals surface area contributed by atoms with Crippen molar-refractivity contribution in [2.24, 2.45) is 0 Å². The summed E-state index contributed by atoms with van der Waals surface area (Å²) in [7, 11) is 0. The van der Waals surface area contributed by atoms with Crippen LogP contribution in [-0.4, -0.2) is 30.0 Å². The molecule has 94 valence electrons. The number of Topliss-reactive ketones (excluding diaryl/α,β-unsaturated/α-hetero) is 1. The zero-order chi connectivity index (χ0) is 12.8. The fourth-order valence-corrected chi connectivity index (χ4v) is 1.95. The Hall–Kier alpha value is -1.63. The normalized spacial score (nSPS) is 10.0. The molecule has 0 unspecified atom stereocenters. The van der Waals surface area contributed by atoms with E-state index in [-0.39, 0.29) is 23.7 Å². The van der Waals surface area contributed by atoms with Crippen LogP contribution in [0.2, 0.25) is 0 Å². The number of hydrogen-bond donors (Lipinski definition) is 1. The number of thiazole rings is 1. The van der Waals surface area contributed by atoms with Gasteiger partial charge in [0.25, 0.3) is 5.19 Å². The predicted octanol–water partition coefficient (Wildman–Crippen LogP) is 1.26. The van der Waals surface area contributed by atoms with Gasteiger partial charge < -0.3 is 15.2 Å². The minimum atomic E-state index is -0.566. The summed E-state index contributed by atoms with van der Waals surface area (Å²) in [5.74, 6) is -0.875. The molecule has 0 amide bonds. The molecule has 0 saturated heterocycles. The molecule has 1 rings (SSSR count). The third kappa shape index (κ3) is 3.70. The van der Waals surface area contributed by atoms with Gasteiger partial charge in [0.1, 0.15) is 17.1 Å². The highest BCUT2D eigenvalue weighted by atomic mass is 32.1. The lowest BCUT2D eigenvalue weighted by molar-refractivity contribution is -0.141. The molecule has 2 N–H and O–H groups in total. The highest BCUT2D eigenvalue weighted by Crippen LogP contribution is 2.28. The molecule has 0 bridgehead atoms. The van der Waals surface area contributed by atoms with Crippen LogP contribution in [-0.2, 0) is 9.53 Å². The Morgan fingerprint density at radius 3 is 2.65 bits per heavy atom. The summed E-state index contributed by atoms with van der Waals surface area (Å²) in [6.45, 7) is 4.17. The second-order valence-corrected chi connectivity index (χ2v) is 3.99. The molecule has 0 aliphatic carbocycles. The number of ketones is 1. The lowest BCUT2D eigenvalue weighted by Crippen LogP contribution is -2.11. The molecule has 0 saturated carbocycles. The van der Waals surface area contributed by atoms with Crippen LogP contribution in [0.5, 0.6) is 5.19 Å². The van der Waals surface area contributed by atoms with Crippen LogP contribution in [0, 0.1) is 0 Å². The SMILES string of the molecule is CCOC(=O)CC(=O)c1sc(OCC)nc1N. The molecule has 6 nitrogen and oxygen atoms in total. The van der Waals surface area contributed by atoms with Crippen LogP contribution in [0.3, 0.4) is 0 Å². The first-order valence-corrected chi connectivity index (χ1v) is 5.98. The third-order valence-corrected chi connectivity index (χ3v) is 2.79. The maximum atomic E-state index is 11.7. The minimum Gasteiger partial charge on any atom is -0.470 e. The molecule has 1 aromatic heterocycles. The maximum Gasteiger partial charge on any atom is 0.313 e. The highest BCUT2D eigenvalue weighted by Gasteiger charge is 2.20. The summed E-state index contributed by atoms with van der Waals surface area (Å²) in [5.41, 5.74) is 5.57. The molecule has 0 radical (unpaired) electrons. The second kappa shape index (κ2) is 6.19. The van der Waals surface area contributed by atoms with E-state index in [1.165, 1.54) is 0 Å². The Bertz CT molecular complexity index is 416. The average molecular weight is 258 g/mol. The van der Waals surface area contributed by atoms with E-state index in [0.717, 1.165) is 11.3 Å². The first kappa shape index (κ1) is 13.4. The van der Waals surface area contributed by atoms with Crippen LogP contribution < -0.4 is 10.5 Å². The van der Waals surface area contributed by atoms with Crippen molar-refractivity contribution >= 4 is 28.9 Å². The Morgan fingerprint density at radius 2 is 2.06 bits per heavy atom. The van der Waals surface area contributed by atoms with Crippen molar-refractivity contribution in [3.05, 3.63) is 4.88 Å². The number of nitrogen functional groups attached to an aromatic ring is 1. The van der Waals surface area contributed by atoms with E-state index >= 15 is 0 Å². The summed E-state index contributed by atoms with van der Waals surface area (Å²) < 4.78 is 9.81. The Morgan fingerprint density at radius 1 is 1.35 bits per heavy atom. The number of aromatic nitrogens is 1. The Balaban J connectivity index is 2.71. The van der Waals surface area contributed by atoms with Crippen molar-refractivity contribution in [1.29, 1.82) is 0 Å². The molecular formula is C10H14N2O4S. The number of esters is 1. The van der Waals surface area contributed by atoms with E-state index < -0.39 is 11.8 Å². The van der Waals surface area contributed by atoms with Gasteiger partial charge in [-0.05, 0) is 13.8 Å². The van der Waals surface area contributed by atoms with Gasteiger partial charge in [0.05, 0.1) is 13.2 Å². The van der Waals surface area contributed by atoms with Crippen molar-refractivity contribution < 1.29 is 19.1 Å². The standard InChI is InChI=1S/C10H14N2O4S/c1-3-15-7(14)5-6(13)8-9(11)12-10(17-8)16-4-2/h3-5,11H2,1-2H3. The van der Waals surface area contributed by atoms with Gasteiger partial charge in [0.15, 0.2) is 5.78 Å². The molecule has 1 aromatic rings. The van der Waals surface area contributed by atoms with Crippen LogP contribution in [0.25, 0.3) is 0 Å². The number of hydrogen-bond acceptors (Lipinski definition) is 7. The van der Waals surface area contributed by atoms with Gasteiger partial charge in [-0.15, -0.1) is 0 Å². The number of anilines is 1. The van der Waals surface area contributed by atoms with Crippen molar-refractivity contribution in [1.82, 2.24) is 4.98 Å². The van der Waals surface area contributed by atoms with E-state index in [1.54, 1.807) is 13.8 Å². The largest absolute Gasteiger partial charge is 0.470 e. The topological polar surface area (TPSA) is 91.5 Å². The fourth-order valence-electron chi connectivity index (χ4n) is 1.12.